The lowest BCUT2D eigenvalue weighted by molar-refractivity contribution is -0.131. The molecule has 23 heavy (non-hydrogen) atoms. The van der Waals surface area contributed by atoms with Crippen molar-refractivity contribution < 1.29 is 9.90 Å². The normalized spacial score (nSPS) is 22.0. The molecule has 122 valence electrons. The second kappa shape index (κ2) is 6.93. The maximum atomic E-state index is 12.3. The van der Waals surface area contributed by atoms with E-state index in [4.69, 9.17) is 0 Å². The molecule has 0 bridgehead atoms. The minimum Gasteiger partial charge on any atom is -0.392 e. The Bertz CT molecular complexity index is 656. The minimum atomic E-state index is -0.562. The number of piperidine rings is 1. The van der Waals surface area contributed by atoms with Gasteiger partial charge in [0.25, 0.3) is 0 Å². The summed E-state index contributed by atoms with van der Waals surface area (Å²) in [6.07, 6.45) is 0.0735. The zero-order valence-electron chi connectivity index (χ0n) is 13.2. The van der Waals surface area contributed by atoms with E-state index in [9.17, 15) is 9.90 Å². The van der Waals surface area contributed by atoms with E-state index < -0.39 is 6.10 Å². The van der Waals surface area contributed by atoms with Gasteiger partial charge in [-0.3, -0.25) is 9.89 Å². The number of likely N-dealkylation sites (tertiary alicyclic amines) is 1. The van der Waals surface area contributed by atoms with E-state index in [0.717, 1.165) is 23.5 Å². The lowest BCUT2D eigenvalue weighted by Gasteiger charge is -2.32. The topological polar surface area (TPSA) is 81.2 Å². The fourth-order valence-corrected chi connectivity index (χ4v) is 2.88. The minimum absolute atomic E-state index is 0.111. The van der Waals surface area contributed by atoms with E-state index in [-0.39, 0.29) is 11.8 Å². The molecule has 3 N–H and O–H groups in total. The quantitative estimate of drug-likeness (QED) is 0.786. The van der Waals surface area contributed by atoms with Crippen LogP contribution >= 0.6 is 0 Å². The number of H-pyrrole nitrogens is 1. The van der Waals surface area contributed by atoms with Gasteiger partial charge in [0, 0.05) is 18.7 Å². The van der Waals surface area contributed by atoms with Crippen LogP contribution in [0.5, 0.6) is 0 Å². The molecular weight excluding hydrogens is 292 g/mol. The summed E-state index contributed by atoms with van der Waals surface area (Å²) in [6, 6.07) is 11.8. The van der Waals surface area contributed by atoms with Crippen LogP contribution in [0, 0.1) is 5.92 Å². The Morgan fingerprint density at radius 1 is 1.43 bits per heavy atom. The van der Waals surface area contributed by atoms with Crippen molar-refractivity contribution in [3.63, 3.8) is 0 Å². The number of benzene rings is 1. The van der Waals surface area contributed by atoms with Crippen LogP contribution in [0.3, 0.4) is 0 Å². The summed E-state index contributed by atoms with van der Waals surface area (Å²) in [6.45, 7) is 1.79. The van der Waals surface area contributed by atoms with Crippen LogP contribution < -0.4 is 5.32 Å². The second-order valence-electron chi connectivity index (χ2n) is 6.09. The molecule has 3 rings (SSSR count). The number of hydrogen-bond donors (Lipinski definition) is 3. The number of rotatable bonds is 4. The largest absolute Gasteiger partial charge is 0.392 e. The highest BCUT2D eigenvalue weighted by atomic mass is 16.3. The lowest BCUT2D eigenvalue weighted by atomic mass is 9.94. The molecule has 1 aromatic heterocycles. The summed E-state index contributed by atoms with van der Waals surface area (Å²) in [5.74, 6) is -0.481. The van der Waals surface area contributed by atoms with Crippen molar-refractivity contribution in [1.82, 2.24) is 20.4 Å². The van der Waals surface area contributed by atoms with E-state index in [0.29, 0.717) is 19.5 Å². The van der Waals surface area contributed by atoms with E-state index in [1.165, 1.54) is 0 Å². The van der Waals surface area contributed by atoms with Crippen molar-refractivity contribution >= 4 is 5.91 Å². The second-order valence-corrected chi connectivity index (χ2v) is 6.09. The summed E-state index contributed by atoms with van der Waals surface area (Å²) in [5, 5.41) is 20.1. The van der Waals surface area contributed by atoms with Crippen LogP contribution in [-0.2, 0) is 11.3 Å². The number of nitrogens with zero attached hydrogens (tertiary/aromatic N) is 2. The number of amides is 1. The average molecular weight is 314 g/mol. The van der Waals surface area contributed by atoms with E-state index in [1.807, 2.05) is 43.4 Å². The smallest absolute Gasteiger partial charge is 0.227 e. The fourth-order valence-electron chi connectivity index (χ4n) is 2.88. The Labute approximate surface area is 135 Å². The molecule has 0 unspecified atom stereocenters. The Hall–Kier alpha value is -2.18. The van der Waals surface area contributed by atoms with Crippen molar-refractivity contribution in [2.24, 2.45) is 5.92 Å². The number of aromatic nitrogens is 2. The number of carbonyl (C=O) groups excluding carboxylic acids is 1. The number of nitrogens with one attached hydrogen (secondary N) is 2. The first kappa shape index (κ1) is 15.7. The molecule has 2 atom stereocenters. The van der Waals surface area contributed by atoms with Crippen molar-refractivity contribution in [2.45, 2.75) is 19.1 Å². The molecular formula is C17H22N4O2. The average Bonchev–Trinajstić information content (AvgIpc) is 3.05. The maximum Gasteiger partial charge on any atom is 0.227 e. The van der Waals surface area contributed by atoms with Crippen LogP contribution in [0.25, 0.3) is 11.3 Å². The third-order valence-electron chi connectivity index (χ3n) is 4.27. The number of aromatic amines is 1. The molecule has 0 radical (unpaired) electrons. The third kappa shape index (κ3) is 3.78. The molecule has 2 heterocycles. The number of hydrogen-bond acceptors (Lipinski definition) is 4. The van der Waals surface area contributed by atoms with E-state index >= 15 is 0 Å². The van der Waals surface area contributed by atoms with Crippen LogP contribution in [0.1, 0.15) is 12.1 Å². The summed E-state index contributed by atoms with van der Waals surface area (Å²) in [4.78, 5) is 14.3. The van der Waals surface area contributed by atoms with Gasteiger partial charge in [0.1, 0.15) is 0 Å². The highest BCUT2D eigenvalue weighted by molar-refractivity contribution is 5.79. The molecule has 0 spiro atoms. The van der Waals surface area contributed by atoms with Crippen molar-refractivity contribution in [2.75, 3.05) is 20.1 Å². The van der Waals surface area contributed by atoms with Gasteiger partial charge in [-0.25, -0.2) is 0 Å². The number of carbonyl (C=O) groups is 1. The highest BCUT2D eigenvalue weighted by Crippen LogP contribution is 2.18. The molecule has 1 aliphatic heterocycles. The van der Waals surface area contributed by atoms with Crippen LogP contribution in [0.15, 0.2) is 36.4 Å². The SMILES string of the molecule is CN1CC[C@H](O)[C@H](C(=O)NCc2cc(-c3ccccc3)n[nH]2)C1. The first-order valence-electron chi connectivity index (χ1n) is 7.87. The molecule has 1 aliphatic rings. The first-order chi connectivity index (χ1) is 11.1. The van der Waals surface area contributed by atoms with Gasteiger partial charge in [-0.05, 0) is 19.5 Å². The number of aliphatic hydroxyl groups excluding tert-OH is 1. The van der Waals surface area contributed by atoms with Crippen LogP contribution in [0.4, 0.5) is 0 Å². The van der Waals surface area contributed by atoms with Crippen molar-refractivity contribution in [3.05, 3.63) is 42.1 Å². The Morgan fingerprint density at radius 2 is 2.22 bits per heavy atom. The zero-order chi connectivity index (χ0) is 16.2. The van der Waals surface area contributed by atoms with Crippen LogP contribution in [-0.4, -0.2) is 52.4 Å². The standard InChI is InChI=1S/C17H22N4O2/c1-21-8-7-16(22)14(11-21)17(23)18-10-13-9-15(20-19-13)12-5-3-2-4-6-12/h2-6,9,14,16,22H,7-8,10-11H2,1H3,(H,18,23)(H,19,20)/t14-,16+/m1/s1. The summed E-state index contributed by atoms with van der Waals surface area (Å²) < 4.78 is 0. The lowest BCUT2D eigenvalue weighted by Crippen LogP contribution is -2.48. The van der Waals surface area contributed by atoms with Gasteiger partial charge in [0.2, 0.25) is 5.91 Å². The van der Waals surface area contributed by atoms with Gasteiger partial charge in [-0.1, -0.05) is 30.3 Å². The predicted molar refractivity (Wildman–Crippen MR) is 87.5 cm³/mol. The predicted octanol–water partition coefficient (Wildman–Crippen LogP) is 1.01. The Balaban J connectivity index is 1.58. The summed E-state index contributed by atoms with van der Waals surface area (Å²) >= 11 is 0. The molecule has 6 nitrogen and oxygen atoms in total. The molecule has 1 aromatic carbocycles. The molecule has 2 aromatic rings. The fraction of sp³-hybridized carbons (Fsp3) is 0.412. The zero-order valence-corrected chi connectivity index (χ0v) is 13.2. The summed E-state index contributed by atoms with van der Waals surface area (Å²) in [7, 11) is 1.97. The molecule has 0 aliphatic carbocycles. The monoisotopic (exact) mass is 314 g/mol. The Morgan fingerprint density at radius 3 is 3.00 bits per heavy atom. The van der Waals surface area contributed by atoms with Gasteiger partial charge in [0.05, 0.1) is 30.0 Å². The highest BCUT2D eigenvalue weighted by Gasteiger charge is 2.31. The van der Waals surface area contributed by atoms with E-state index in [2.05, 4.69) is 20.4 Å². The molecule has 1 fully saturated rings. The molecule has 6 heteroatoms. The van der Waals surface area contributed by atoms with Crippen molar-refractivity contribution in [1.29, 1.82) is 0 Å². The van der Waals surface area contributed by atoms with Gasteiger partial charge in [0.15, 0.2) is 0 Å². The third-order valence-corrected chi connectivity index (χ3v) is 4.27. The van der Waals surface area contributed by atoms with Gasteiger partial charge >= 0.3 is 0 Å². The first-order valence-corrected chi connectivity index (χ1v) is 7.87. The van der Waals surface area contributed by atoms with Gasteiger partial charge < -0.3 is 15.3 Å². The molecule has 1 saturated heterocycles. The van der Waals surface area contributed by atoms with Crippen LogP contribution in [0.2, 0.25) is 0 Å². The van der Waals surface area contributed by atoms with E-state index in [1.54, 1.807) is 0 Å². The Kier molecular flexibility index (Phi) is 4.73. The number of aliphatic hydroxyl groups is 1. The van der Waals surface area contributed by atoms with Crippen molar-refractivity contribution in [3.8, 4) is 11.3 Å². The molecule has 1 amide bonds. The van der Waals surface area contributed by atoms with Gasteiger partial charge in [-0.2, -0.15) is 5.10 Å². The van der Waals surface area contributed by atoms with Gasteiger partial charge in [-0.15, -0.1) is 0 Å². The maximum absolute atomic E-state index is 12.3. The summed E-state index contributed by atoms with van der Waals surface area (Å²) in [5.41, 5.74) is 2.73. The molecule has 0 saturated carbocycles.